The Morgan fingerprint density at radius 1 is 1.07 bits per heavy atom. The van der Waals surface area contributed by atoms with E-state index in [-0.39, 0.29) is 21.8 Å². The zero-order valence-corrected chi connectivity index (χ0v) is 17.4. The molecule has 0 atom stereocenters. The molecule has 0 fully saturated rings. The minimum atomic E-state index is -4.16. The maximum absolute atomic E-state index is 13.0. The molecule has 1 amide bonds. The standard InChI is InChI=1S/C19H23N3O7S/c1-28-12-10-21(11-13-29-2)19(23)17-8-3-4-9-18(17)20-30(26,27)16-7-5-6-15(14-16)22(24)25/h3-9,14,20H,10-13H2,1-2H3. The second kappa shape index (κ2) is 10.7. The fourth-order valence-electron chi connectivity index (χ4n) is 2.61. The summed E-state index contributed by atoms with van der Waals surface area (Å²) >= 11 is 0. The predicted octanol–water partition coefficient (Wildman–Crippen LogP) is 2.13. The summed E-state index contributed by atoms with van der Waals surface area (Å²) in [5, 5.41) is 10.9. The van der Waals surface area contributed by atoms with Gasteiger partial charge in [0, 0.05) is 39.4 Å². The summed E-state index contributed by atoms with van der Waals surface area (Å²) in [5.41, 5.74) is -0.153. The number of carbonyl (C=O) groups is 1. The van der Waals surface area contributed by atoms with Crippen LogP contribution < -0.4 is 4.72 Å². The number of sulfonamides is 1. The van der Waals surface area contributed by atoms with Crippen LogP contribution in [0.5, 0.6) is 0 Å². The first-order chi connectivity index (χ1) is 14.3. The van der Waals surface area contributed by atoms with E-state index in [0.717, 1.165) is 6.07 Å². The molecule has 11 heteroatoms. The molecule has 0 radical (unpaired) electrons. The summed E-state index contributed by atoms with van der Waals surface area (Å²) in [5.74, 6) is -0.401. The van der Waals surface area contributed by atoms with Gasteiger partial charge in [-0.15, -0.1) is 0 Å². The van der Waals surface area contributed by atoms with Crippen LogP contribution in [-0.2, 0) is 19.5 Å². The molecule has 0 heterocycles. The Hall–Kier alpha value is -3.02. The topological polar surface area (TPSA) is 128 Å². The molecule has 2 rings (SSSR count). The summed E-state index contributed by atoms with van der Waals surface area (Å²) in [6, 6.07) is 10.8. The lowest BCUT2D eigenvalue weighted by atomic mass is 10.1. The van der Waals surface area contributed by atoms with Gasteiger partial charge in [0.2, 0.25) is 0 Å². The van der Waals surface area contributed by atoms with E-state index in [0.29, 0.717) is 26.3 Å². The van der Waals surface area contributed by atoms with Gasteiger partial charge in [-0.2, -0.15) is 0 Å². The molecule has 0 aromatic heterocycles. The zero-order valence-electron chi connectivity index (χ0n) is 16.6. The number of benzene rings is 2. The molecule has 0 unspecified atom stereocenters. The summed E-state index contributed by atoms with van der Waals surface area (Å²) in [6.07, 6.45) is 0. The molecule has 0 spiro atoms. The van der Waals surface area contributed by atoms with Gasteiger partial charge in [0.1, 0.15) is 0 Å². The molecule has 10 nitrogen and oxygen atoms in total. The molecule has 0 aliphatic rings. The normalized spacial score (nSPS) is 11.1. The van der Waals surface area contributed by atoms with Crippen LogP contribution in [0.1, 0.15) is 10.4 Å². The van der Waals surface area contributed by atoms with Crippen molar-refractivity contribution in [3.05, 3.63) is 64.2 Å². The number of methoxy groups -OCH3 is 2. The van der Waals surface area contributed by atoms with Crippen LogP contribution in [0.25, 0.3) is 0 Å². The zero-order chi connectivity index (χ0) is 22.1. The number of nitro benzene ring substituents is 1. The van der Waals surface area contributed by atoms with E-state index in [4.69, 9.17) is 9.47 Å². The van der Waals surface area contributed by atoms with Crippen molar-refractivity contribution in [3.63, 3.8) is 0 Å². The van der Waals surface area contributed by atoms with Crippen LogP contribution in [0.15, 0.2) is 53.4 Å². The van der Waals surface area contributed by atoms with Gasteiger partial charge in [-0.1, -0.05) is 18.2 Å². The van der Waals surface area contributed by atoms with Gasteiger partial charge in [-0.3, -0.25) is 19.6 Å². The van der Waals surface area contributed by atoms with E-state index in [1.54, 1.807) is 12.1 Å². The van der Waals surface area contributed by atoms with Crippen LogP contribution in [0.3, 0.4) is 0 Å². The number of nitrogens with one attached hydrogen (secondary N) is 1. The Morgan fingerprint density at radius 3 is 2.30 bits per heavy atom. The van der Waals surface area contributed by atoms with Gasteiger partial charge in [-0.25, -0.2) is 8.42 Å². The van der Waals surface area contributed by atoms with E-state index in [1.165, 1.54) is 49.5 Å². The SMILES string of the molecule is COCCN(CCOC)C(=O)c1ccccc1NS(=O)(=O)c1cccc([N+](=O)[O-])c1. The van der Waals surface area contributed by atoms with Gasteiger partial charge < -0.3 is 14.4 Å². The summed E-state index contributed by atoms with van der Waals surface area (Å²) in [4.78, 5) is 24.5. The minimum Gasteiger partial charge on any atom is -0.383 e. The third kappa shape index (κ3) is 5.99. The van der Waals surface area contributed by atoms with Crippen molar-refractivity contribution in [1.82, 2.24) is 4.90 Å². The van der Waals surface area contributed by atoms with Crippen LogP contribution in [-0.4, -0.2) is 64.7 Å². The van der Waals surface area contributed by atoms with E-state index >= 15 is 0 Å². The first kappa shape index (κ1) is 23.3. The smallest absolute Gasteiger partial charge is 0.270 e. The third-order valence-electron chi connectivity index (χ3n) is 4.16. The van der Waals surface area contributed by atoms with Gasteiger partial charge >= 0.3 is 0 Å². The fraction of sp³-hybridized carbons (Fsp3) is 0.316. The van der Waals surface area contributed by atoms with Gasteiger partial charge in [0.15, 0.2) is 0 Å². The van der Waals surface area contributed by atoms with Crippen molar-refractivity contribution >= 4 is 27.3 Å². The lowest BCUT2D eigenvalue weighted by Crippen LogP contribution is -2.37. The minimum absolute atomic E-state index is 0.0637. The van der Waals surface area contributed by atoms with E-state index < -0.39 is 20.9 Å². The monoisotopic (exact) mass is 437 g/mol. The van der Waals surface area contributed by atoms with Crippen molar-refractivity contribution in [3.8, 4) is 0 Å². The molecule has 162 valence electrons. The largest absolute Gasteiger partial charge is 0.383 e. The highest BCUT2D eigenvalue weighted by atomic mass is 32.2. The van der Waals surface area contributed by atoms with E-state index in [9.17, 15) is 23.3 Å². The molecular formula is C19H23N3O7S. The van der Waals surface area contributed by atoms with Crippen molar-refractivity contribution in [2.75, 3.05) is 45.2 Å². The molecule has 0 aliphatic heterocycles. The van der Waals surface area contributed by atoms with E-state index in [2.05, 4.69) is 4.72 Å². The number of ether oxygens (including phenoxy) is 2. The fourth-order valence-corrected chi connectivity index (χ4v) is 3.73. The molecule has 1 N–H and O–H groups in total. The van der Waals surface area contributed by atoms with Crippen LogP contribution >= 0.6 is 0 Å². The maximum Gasteiger partial charge on any atom is 0.270 e. The number of non-ortho nitro benzene ring substituents is 1. The molecule has 0 aliphatic carbocycles. The molecule has 2 aromatic carbocycles. The van der Waals surface area contributed by atoms with Crippen molar-refractivity contribution in [2.45, 2.75) is 4.90 Å². The number of anilines is 1. The number of amides is 1. The van der Waals surface area contributed by atoms with Crippen LogP contribution in [0, 0.1) is 10.1 Å². The Kier molecular flexibility index (Phi) is 8.27. The first-order valence-corrected chi connectivity index (χ1v) is 10.4. The number of para-hydroxylation sites is 1. The molecule has 0 bridgehead atoms. The quantitative estimate of drug-likeness (QED) is 0.421. The Balaban J connectivity index is 2.34. The molecule has 2 aromatic rings. The number of nitrogens with zero attached hydrogens (tertiary/aromatic N) is 2. The van der Waals surface area contributed by atoms with Crippen LogP contribution in [0.4, 0.5) is 11.4 Å². The molecular weight excluding hydrogens is 414 g/mol. The second-order valence-electron chi connectivity index (χ2n) is 6.18. The molecule has 0 saturated carbocycles. The Morgan fingerprint density at radius 2 is 1.70 bits per heavy atom. The predicted molar refractivity (Wildman–Crippen MR) is 110 cm³/mol. The number of rotatable bonds is 11. The van der Waals surface area contributed by atoms with Crippen LogP contribution in [0.2, 0.25) is 0 Å². The third-order valence-corrected chi connectivity index (χ3v) is 5.52. The van der Waals surface area contributed by atoms with Crippen molar-refractivity contribution in [1.29, 1.82) is 0 Å². The van der Waals surface area contributed by atoms with Gasteiger partial charge in [0.25, 0.3) is 21.6 Å². The number of carbonyl (C=O) groups excluding carboxylic acids is 1. The Bertz CT molecular complexity index is 987. The average Bonchev–Trinajstić information content (AvgIpc) is 2.73. The Labute approximate surface area is 174 Å². The molecule has 0 saturated heterocycles. The van der Waals surface area contributed by atoms with E-state index in [1.807, 2.05) is 0 Å². The lowest BCUT2D eigenvalue weighted by molar-refractivity contribution is -0.385. The number of nitro groups is 1. The highest BCUT2D eigenvalue weighted by molar-refractivity contribution is 7.92. The van der Waals surface area contributed by atoms with Crippen molar-refractivity contribution in [2.24, 2.45) is 0 Å². The first-order valence-electron chi connectivity index (χ1n) is 8.93. The van der Waals surface area contributed by atoms with Gasteiger partial charge in [0.05, 0.1) is 34.3 Å². The number of hydrogen-bond donors (Lipinski definition) is 1. The maximum atomic E-state index is 13.0. The average molecular weight is 437 g/mol. The van der Waals surface area contributed by atoms with Crippen molar-refractivity contribution < 1.29 is 27.6 Å². The van der Waals surface area contributed by atoms with Gasteiger partial charge in [-0.05, 0) is 18.2 Å². The number of hydrogen-bond acceptors (Lipinski definition) is 7. The second-order valence-corrected chi connectivity index (χ2v) is 7.87. The summed E-state index contributed by atoms with van der Waals surface area (Å²) < 4.78 is 38.0. The highest BCUT2D eigenvalue weighted by Gasteiger charge is 2.23. The highest BCUT2D eigenvalue weighted by Crippen LogP contribution is 2.23. The lowest BCUT2D eigenvalue weighted by Gasteiger charge is -2.23. The summed E-state index contributed by atoms with van der Waals surface area (Å²) in [7, 11) is -1.13. The summed E-state index contributed by atoms with van der Waals surface area (Å²) in [6.45, 7) is 1.20. The molecule has 30 heavy (non-hydrogen) atoms.